The number of aromatic nitrogens is 1. The topological polar surface area (TPSA) is 51.7 Å². The van der Waals surface area contributed by atoms with Gasteiger partial charge in [0, 0.05) is 30.3 Å². The number of ether oxygens (including phenoxy) is 2. The number of aryl methyl sites for hydroxylation is 1. The minimum atomic E-state index is -0.967. The maximum atomic E-state index is 12.9. The predicted molar refractivity (Wildman–Crippen MR) is 101 cm³/mol. The van der Waals surface area contributed by atoms with E-state index >= 15 is 0 Å². The van der Waals surface area contributed by atoms with E-state index in [1.54, 1.807) is 49.2 Å². The molecule has 0 radical (unpaired) electrons. The number of halogens is 1. The van der Waals surface area contributed by atoms with Crippen LogP contribution < -0.4 is 9.47 Å². The number of pyridine rings is 1. The molecule has 1 saturated heterocycles. The van der Waals surface area contributed by atoms with E-state index in [4.69, 9.17) is 21.1 Å². The van der Waals surface area contributed by atoms with E-state index in [1.165, 1.54) is 0 Å². The molecule has 2 heterocycles. The van der Waals surface area contributed by atoms with E-state index < -0.39 is 5.60 Å². The highest BCUT2D eigenvalue weighted by atomic mass is 35.5. The number of benzene rings is 1. The Kier molecular flexibility index (Phi) is 5.37. The predicted octanol–water partition coefficient (Wildman–Crippen LogP) is 3.88. The first-order valence-electron chi connectivity index (χ1n) is 8.67. The minimum Gasteiger partial charge on any atom is -0.478 e. The van der Waals surface area contributed by atoms with Gasteiger partial charge in [0.25, 0.3) is 5.91 Å². The molecule has 0 aliphatic carbocycles. The Morgan fingerprint density at radius 1 is 1.23 bits per heavy atom. The van der Waals surface area contributed by atoms with E-state index in [0.29, 0.717) is 29.7 Å². The first-order chi connectivity index (χ1) is 12.3. The van der Waals surface area contributed by atoms with Crippen molar-refractivity contribution in [2.24, 2.45) is 0 Å². The van der Waals surface area contributed by atoms with Crippen molar-refractivity contribution in [2.45, 2.75) is 38.9 Å². The van der Waals surface area contributed by atoms with Gasteiger partial charge in [-0.3, -0.25) is 4.79 Å². The summed E-state index contributed by atoms with van der Waals surface area (Å²) in [4.78, 5) is 18.9. The van der Waals surface area contributed by atoms with E-state index in [1.807, 2.05) is 19.1 Å². The second kappa shape index (κ2) is 7.54. The van der Waals surface area contributed by atoms with Gasteiger partial charge in [-0.05, 0) is 50.6 Å². The zero-order chi connectivity index (χ0) is 18.7. The molecule has 1 atom stereocenters. The zero-order valence-corrected chi connectivity index (χ0v) is 16.0. The van der Waals surface area contributed by atoms with E-state index in [0.717, 1.165) is 12.0 Å². The lowest BCUT2D eigenvalue weighted by Gasteiger charge is -2.30. The average molecular weight is 375 g/mol. The number of hydrogen-bond acceptors (Lipinski definition) is 4. The first-order valence-corrected chi connectivity index (χ1v) is 9.04. The van der Waals surface area contributed by atoms with Crippen LogP contribution in [0.3, 0.4) is 0 Å². The van der Waals surface area contributed by atoms with Gasteiger partial charge in [0.15, 0.2) is 5.60 Å². The fraction of sp³-hybridized carbons (Fsp3) is 0.400. The van der Waals surface area contributed by atoms with Gasteiger partial charge < -0.3 is 14.4 Å². The maximum Gasteiger partial charge on any atom is 0.266 e. The summed E-state index contributed by atoms with van der Waals surface area (Å²) in [5.41, 5.74) is 0.117. The molecule has 2 aromatic rings. The molecule has 1 amide bonds. The number of nitrogens with zero attached hydrogens (tertiary/aromatic N) is 2. The Bertz CT molecular complexity index is 760. The summed E-state index contributed by atoms with van der Waals surface area (Å²) >= 11 is 5.89. The van der Waals surface area contributed by atoms with Gasteiger partial charge in [-0.1, -0.05) is 17.7 Å². The van der Waals surface area contributed by atoms with Crippen LogP contribution in [0.2, 0.25) is 5.02 Å². The molecule has 26 heavy (non-hydrogen) atoms. The van der Waals surface area contributed by atoms with Crippen molar-refractivity contribution in [3.8, 4) is 11.6 Å². The maximum absolute atomic E-state index is 12.9. The van der Waals surface area contributed by atoms with Crippen molar-refractivity contribution >= 4 is 17.5 Å². The molecule has 0 saturated carbocycles. The van der Waals surface area contributed by atoms with Gasteiger partial charge in [-0.15, -0.1) is 0 Å². The van der Waals surface area contributed by atoms with Gasteiger partial charge in [-0.2, -0.15) is 0 Å². The highest BCUT2D eigenvalue weighted by molar-refractivity contribution is 6.30. The second-order valence-corrected chi connectivity index (χ2v) is 7.46. The van der Waals surface area contributed by atoms with Gasteiger partial charge in [-0.25, -0.2) is 4.98 Å². The van der Waals surface area contributed by atoms with Crippen molar-refractivity contribution in [1.29, 1.82) is 0 Å². The Morgan fingerprint density at radius 3 is 2.62 bits per heavy atom. The van der Waals surface area contributed by atoms with E-state index in [2.05, 4.69) is 4.98 Å². The fourth-order valence-corrected chi connectivity index (χ4v) is 3.05. The molecule has 6 heteroatoms. The van der Waals surface area contributed by atoms with Gasteiger partial charge >= 0.3 is 0 Å². The molecule has 1 aliphatic rings. The molecule has 138 valence electrons. The number of rotatable bonds is 5. The van der Waals surface area contributed by atoms with Crippen molar-refractivity contribution in [1.82, 2.24) is 9.88 Å². The molecule has 0 bridgehead atoms. The molecular formula is C20H23ClN2O3. The number of carbonyl (C=O) groups excluding carboxylic acids is 1. The summed E-state index contributed by atoms with van der Waals surface area (Å²) in [6, 6.07) is 10.8. The van der Waals surface area contributed by atoms with Crippen LogP contribution in [0.25, 0.3) is 0 Å². The van der Waals surface area contributed by atoms with Crippen molar-refractivity contribution in [3.63, 3.8) is 0 Å². The number of hydrogen-bond donors (Lipinski definition) is 0. The Morgan fingerprint density at radius 2 is 1.96 bits per heavy atom. The van der Waals surface area contributed by atoms with Crippen molar-refractivity contribution < 1.29 is 14.3 Å². The smallest absolute Gasteiger partial charge is 0.266 e. The molecule has 0 N–H and O–H groups in total. The van der Waals surface area contributed by atoms with Crippen molar-refractivity contribution in [2.75, 3.05) is 13.1 Å². The van der Waals surface area contributed by atoms with Crippen molar-refractivity contribution in [3.05, 3.63) is 53.2 Å². The summed E-state index contributed by atoms with van der Waals surface area (Å²) in [5.74, 6) is 1.14. The Labute approximate surface area is 158 Å². The number of likely N-dealkylation sites (tertiary alicyclic amines) is 1. The average Bonchev–Trinajstić information content (AvgIpc) is 3.06. The van der Waals surface area contributed by atoms with Crippen LogP contribution in [0.15, 0.2) is 42.6 Å². The lowest BCUT2D eigenvalue weighted by atomic mass is 10.1. The molecule has 1 aromatic heterocycles. The van der Waals surface area contributed by atoms with E-state index in [9.17, 15) is 4.79 Å². The summed E-state index contributed by atoms with van der Waals surface area (Å²) < 4.78 is 11.8. The van der Waals surface area contributed by atoms with Crippen LogP contribution in [-0.2, 0) is 4.79 Å². The molecule has 3 rings (SSSR count). The molecule has 1 fully saturated rings. The van der Waals surface area contributed by atoms with Crippen LogP contribution in [0.5, 0.6) is 11.6 Å². The Hall–Kier alpha value is -2.27. The molecule has 1 unspecified atom stereocenters. The first kappa shape index (κ1) is 18.5. The third kappa shape index (κ3) is 4.47. The minimum absolute atomic E-state index is 0.0551. The fourth-order valence-electron chi connectivity index (χ4n) is 2.93. The third-order valence-electron chi connectivity index (χ3n) is 4.31. The highest BCUT2D eigenvalue weighted by Gasteiger charge is 2.38. The van der Waals surface area contributed by atoms with Crippen LogP contribution in [0.1, 0.15) is 25.8 Å². The lowest BCUT2D eigenvalue weighted by Crippen LogP contribution is -2.48. The monoisotopic (exact) mass is 374 g/mol. The van der Waals surface area contributed by atoms with Gasteiger partial charge in [0.05, 0.1) is 6.54 Å². The molecule has 1 aromatic carbocycles. The zero-order valence-electron chi connectivity index (χ0n) is 15.2. The van der Waals surface area contributed by atoms with E-state index in [-0.39, 0.29) is 12.0 Å². The van der Waals surface area contributed by atoms with Crippen LogP contribution >= 0.6 is 11.6 Å². The standard InChI is InChI=1S/C20H23ClN2O3/c1-14-4-9-18(22-12-14)25-17-10-11-23(13-17)19(24)20(2,3)26-16-7-5-15(21)6-8-16/h4-9,12,17H,10-11,13H2,1-3H3. The second-order valence-electron chi connectivity index (χ2n) is 7.02. The van der Waals surface area contributed by atoms with Crippen LogP contribution in [0.4, 0.5) is 0 Å². The number of amides is 1. The summed E-state index contributed by atoms with van der Waals surface area (Å²) in [5, 5.41) is 0.630. The summed E-state index contributed by atoms with van der Waals surface area (Å²) in [6.07, 6.45) is 2.50. The molecule has 5 nitrogen and oxygen atoms in total. The molecular weight excluding hydrogens is 352 g/mol. The van der Waals surface area contributed by atoms with Crippen LogP contribution in [0, 0.1) is 6.92 Å². The molecule has 0 spiro atoms. The van der Waals surface area contributed by atoms with Crippen LogP contribution in [-0.4, -0.2) is 40.6 Å². The largest absolute Gasteiger partial charge is 0.478 e. The van der Waals surface area contributed by atoms with Gasteiger partial charge in [0.1, 0.15) is 11.9 Å². The SMILES string of the molecule is Cc1ccc(OC2CCN(C(=O)C(C)(C)Oc3ccc(Cl)cc3)C2)nc1. The quantitative estimate of drug-likeness (QED) is 0.796. The Balaban J connectivity index is 1.59. The molecule has 1 aliphatic heterocycles. The third-order valence-corrected chi connectivity index (χ3v) is 4.56. The summed E-state index contributed by atoms with van der Waals surface area (Å²) in [6.45, 7) is 6.71. The van der Waals surface area contributed by atoms with Gasteiger partial charge in [0.2, 0.25) is 5.88 Å². The highest BCUT2D eigenvalue weighted by Crippen LogP contribution is 2.25. The number of carbonyl (C=O) groups is 1. The summed E-state index contributed by atoms with van der Waals surface area (Å²) in [7, 11) is 0. The normalized spacial score (nSPS) is 17.2. The lowest BCUT2D eigenvalue weighted by molar-refractivity contribution is -0.144.